The maximum absolute atomic E-state index is 11.5. The van der Waals surface area contributed by atoms with Gasteiger partial charge in [0.15, 0.2) is 35.0 Å². The van der Waals surface area contributed by atoms with Crippen LogP contribution in [0.1, 0.15) is 78.5 Å². The van der Waals surface area contributed by atoms with Gasteiger partial charge in [-0.3, -0.25) is 34.3 Å². The number of benzene rings is 9. The first kappa shape index (κ1) is 72.8. The standard InChI is InChI=1S/C20H14N4O2.C19H14N4O2.C19H14N4O.C18H12N4O.C17H11N5O/c1-12(25)13-6-8-14(9-7-13)20(26)18-22-16-5-3-2-4-15(16)17-10-11-21-19(23-20)24(17)18;1-25-16-9-5-3-7-13(16)19(24)17-21-14-8-4-2-6-12(14)15-10-11-20-18(22-19)23(15)17;1-12-6-8-13(9-7-12)19(24)17-21-15-5-3-2-4-14(15)16-10-11-20-18(22-19)23(16)17;23-18(12-6-2-1-3-7-12)16-20-14-9-5-4-8-13(14)15-10-11-19-17(21-18)22(15)16;23-17(11-4-3-8-18-10-11)15-20-13-6-2-1-5-12(13)14-7-9-19-16(21-17)22(14)15/h2-11,26H,1H3;2-11,24H,1H3;2-11,24H,1H3;1-11,23H;1-10,23H. The number of hydrogen-bond acceptors (Lipinski definition) is 28. The number of ether oxygens (including phenoxy) is 1. The highest BCUT2D eigenvalue weighted by molar-refractivity contribution is 6.27. The van der Waals surface area contributed by atoms with Crippen LogP contribution in [0, 0.1) is 6.92 Å². The Morgan fingerprint density at radius 3 is 0.950 bits per heavy atom. The van der Waals surface area contributed by atoms with Crippen LogP contribution in [0.3, 0.4) is 0 Å². The van der Waals surface area contributed by atoms with Crippen LogP contribution in [-0.2, 0) is 28.6 Å². The van der Waals surface area contributed by atoms with Crippen molar-refractivity contribution in [2.45, 2.75) is 42.5 Å². The maximum atomic E-state index is 11.5. The van der Waals surface area contributed by atoms with Gasteiger partial charge in [-0.25, -0.2) is 74.9 Å². The molecule has 584 valence electrons. The molecule has 5 atom stereocenters. The van der Waals surface area contributed by atoms with E-state index in [9.17, 15) is 30.3 Å². The highest BCUT2D eigenvalue weighted by Crippen LogP contribution is 2.52. The van der Waals surface area contributed by atoms with Crippen molar-refractivity contribution in [1.82, 2.24) is 29.5 Å². The van der Waals surface area contributed by atoms with Gasteiger partial charge in [-0.15, -0.1) is 0 Å². The van der Waals surface area contributed by atoms with Crippen LogP contribution in [-0.4, -0.2) is 158 Å². The fraction of sp³-hybridized carbons (Fsp3) is 0.0860. The lowest BCUT2D eigenvalue weighted by Crippen LogP contribution is -2.42. The summed E-state index contributed by atoms with van der Waals surface area (Å²) in [7, 11) is 1.57. The summed E-state index contributed by atoms with van der Waals surface area (Å²) in [4.78, 5) is 91.9. The van der Waals surface area contributed by atoms with Crippen LogP contribution < -0.4 is 4.74 Å². The molecule has 15 aliphatic heterocycles. The third kappa shape index (κ3) is 11.5. The van der Waals surface area contributed by atoms with Crippen molar-refractivity contribution >= 4 is 153 Å². The van der Waals surface area contributed by atoms with Crippen molar-refractivity contribution in [1.29, 1.82) is 0 Å². The van der Waals surface area contributed by atoms with Crippen molar-refractivity contribution in [3.63, 3.8) is 0 Å². The number of aliphatic hydroxyl groups is 5. The van der Waals surface area contributed by atoms with E-state index in [1.165, 1.54) is 6.92 Å². The van der Waals surface area contributed by atoms with Crippen molar-refractivity contribution in [2.75, 3.05) is 7.11 Å². The van der Waals surface area contributed by atoms with Crippen molar-refractivity contribution in [3.8, 4) is 5.75 Å². The number of Topliss-reactive ketones (excluding diaryl/α,β-unsaturated/α-hetero) is 1. The maximum Gasteiger partial charge on any atom is 0.249 e. The quantitative estimate of drug-likeness (QED) is 0.0928. The molecule has 25 rings (SSSR count). The monoisotopic (exact) mass is 1590 g/mol. The van der Waals surface area contributed by atoms with Crippen molar-refractivity contribution in [2.24, 2.45) is 74.9 Å². The zero-order valence-electron chi connectivity index (χ0n) is 64.4. The summed E-state index contributed by atoms with van der Waals surface area (Å²) >= 11 is 0. The number of aliphatic imine (C=N–C) groups is 15. The van der Waals surface area contributed by atoms with Crippen LogP contribution in [0.4, 0.5) is 28.4 Å². The van der Waals surface area contributed by atoms with Gasteiger partial charge >= 0.3 is 0 Å². The molecule has 0 saturated carbocycles. The van der Waals surface area contributed by atoms with E-state index in [0.29, 0.717) is 98.1 Å². The summed E-state index contributed by atoms with van der Waals surface area (Å²) in [6.45, 7) is 3.52. The van der Waals surface area contributed by atoms with Gasteiger partial charge in [-0.2, -0.15) is 0 Å². The van der Waals surface area contributed by atoms with Gasteiger partial charge in [-0.1, -0.05) is 194 Å². The molecule has 0 bridgehead atoms. The van der Waals surface area contributed by atoms with E-state index in [2.05, 4.69) is 69.9 Å². The van der Waals surface area contributed by atoms with E-state index in [0.717, 1.165) is 90.3 Å². The normalized spacial score (nSPS) is 23.1. The molecule has 10 aromatic rings. The predicted molar refractivity (Wildman–Crippen MR) is 467 cm³/mol. The highest BCUT2D eigenvalue weighted by atomic mass is 16.5. The van der Waals surface area contributed by atoms with Crippen LogP contribution in [0.25, 0.3) is 28.5 Å². The second kappa shape index (κ2) is 27.9. The molecule has 28 nitrogen and oxygen atoms in total. The van der Waals surface area contributed by atoms with Gasteiger partial charge in [0.05, 0.1) is 69.6 Å². The molecular formula is C93H65N21O7. The summed E-state index contributed by atoms with van der Waals surface area (Å²) in [6, 6.07) is 73.8. The fourth-order valence-corrected chi connectivity index (χ4v) is 16.3. The molecule has 5 N–H and O–H groups in total. The Bertz CT molecular complexity index is 6710. The molecule has 15 aliphatic rings. The number of fused-ring (bicyclic) bond motifs is 10. The van der Waals surface area contributed by atoms with Crippen LogP contribution in [0.15, 0.2) is 354 Å². The number of hydrogen-bond donors (Lipinski definition) is 5. The molecule has 0 fully saturated rings. The number of methoxy groups -OCH3 is 1. The average molecular weight is 1590 g/mol. The smallest absolute Gasteiger partial charge is 0.249 e. The van der Waals surface area contributed by atoms with Crippen molar-refractivity contribution < 1.29 is 35.1 Å². The Labute approximate surface area is 690 Å². The lowest BCUT2D eigenvalue weighted by molar-refractivity contribution is 0.101. The number of carbonyl (C=O) groups excluding carboxylic acids is 1. The number of allylic oxidation sites excluding steroid dienone is 5. The Hall–Kier alpha value is -15.9. The zero-order valence-corrected chi connectivity index (χ0v) is 64.4. The van der Waals surface area contributed by atoms with Crippen LogP contribution in [0.5, 0.6) is 5.75 Å². The molecule has 9 aromatic carbocycles. The minimum absolute atomic E-state index is 0.0301. The number of para-hydroxylation sites is 6. The molecule has 0 spiro atoms. The number of aromatic nitrogens is 1. The second-order valence-electron chi connectivity index (χ2n) is 29.3. The molecule has 5 unspecified atom stereocenters. The second-order valence-corrected chi connectivity index (χ2v) is 29.3. The Balaban J connectivity index is 0.0000000934. The first-order valence-corrected chi connectivity index (χ1v) is 38.6. The molecule has 1 aromatic heterocycles. The average Bonchev–Trinajstić information content (AvgIpc) is 1.58. The van der Waals surface area contributed by atoms with E-state index in [4.69, 9.17) is 14.7 Å². The molecule has 16 heterocycles. The Morgan fingerprint density at radius 1 is 0.322 bits per heavy atom. The summed E-state index contributed by atoms with van der Waals surface area (Å²) in [5.41, 5.74) is 10.3. The zero-order chi connectivity index (χ0) is 82.1. The van der Waals surface area contributed by atoms with Crippen LogP contribution in [0.2, 0.25) is 0 Å². The molecule has 28 heteroatoms. The summed E-state index contributed by atoms with van der Waals surface area (Å²) in [5, 5.41) is 56.8. The number of guanidine groups is 5. The number of aryl methyl sites for hydroxylation is 1. The van der Waals surface area contributed by atoms with Gasteiger partial charge in [0.2, 0.25) is 58.4 Å². The number of ketones is 1. The molecule has 0 amide bonds. The minimum atomic E-state index is -1.66. The predicted octanol–water partition coefficient (Wildman–Crippen LogP) is 13.3. The lowest BCUT2D eigenvalue weighted by atomic mass is 9.97. The number of rotatable bonds is 7. The lowest BCUT2D eigenvalue weighted by Gasteiger charge is -2.32. The first-order valence-electron chi connectivity index (χ1n) is 38.6. The summed E-state index contributed by atoms with van der Waals surface area (Å²) < 4.78 is 5.43. The number of nitrogens with zero attached hydrogens (tertiary/aromatic N) is 21. The minimum Gasteiger partial charge on any atom is -0.496 e. The molecule has 0 radical (unpaired) electrons. The third-order valence-corrected chi connectivity index (χ3v) is 22.1. The van der Waals surface area contributed by atoms with Gasteiger partial charge in [0.25, 0.3) is 0 Å². The largest absolute Gasteiger partial charge is 0.496 e. The van der Waals surface area contributed by atoms with Gasteiger partial charge in [0.1, 0.15) is 5.75 Å². The molecule has 0 aliphatic carbocycles. The fourth-order valence-electron chi connectivity index (χ4n) is 16.3. The number of pyridine rings is 1. The van der Waals surface area contributed by atoms with Crippen molar-refractivity contribution in [3.05, 3.63) is 346 Å². The third-order valence-electron chi connectivity index (χ3n) is 22.1. The van der Waals surface area contributed by atoms with Gasteiger partial charge in [0, 0.05) is 99.1 Å². The van der Waals surface area contributed by atoms with E-state index >= 15 is 0 Å². The number of carbonyl (C=O) groups is 1. The van der Waals surface area contributed by atoms with Gasteiger partial charge < -0.3 is 30.3 Å². The topological polar surface area (TPSA) is 342 Å². The van der Waals surface area contributed by atoms with E-state index in [1.807, 2.05) is 235 Å². The SMILES string of the molecule is CC(=O)c1ccc(C2(O)N=C3N=CC=C4c5ccccc5N=C2N43)cc1.COc1ccccc1C1(O)N=C2N=CC=C3c4ccccc4N=C1N32.Cc1ccc(C2(O)N=C3N=CC=C4c5ccccc5N=C2N43)cc1.OC1(c2ccccc2)N=C2N=CC=C3c4ccccc4N=C1N32.OC1(c2cccnc2)N=C2N=CC=C3c4ccccc4N=C1N32. The molecule has 121 heavy (non-hydrogen) atoms. The summed E-state index contributed by atoms with van der Waals surface area (Å²) in [6.07, 6.45) is 21.3. The molecule has 0 saturated heterocycles. The van der Waals surface area contributed by atoms with E-state index in [-0.39, 0.29) is 5.78 Å². The van der Waals surface area contributed by atoms with Crippen LogP contribution >= 0.6 is 0 Å². The van der Waals surface area contributed by atoms with Gasteiger partial charge in [-0.05, 0) is 92.8 Å². The van der Waals surface area contributed by atoms with E-state index < -0.39 is 28.6 Å². The Kier molecular flexibility index (Phi) is 16.8. The summed E-state index contributed by atoms with van der Waals surface area (Å²) in [5.74, 6) is 4.87. The number of amidine groups is 5. The Morgan fingerprint density at radius 2 is 0.612 bits per heavy atom. The first-order chi connectivity index (χ1) is 59.0. The highest BCUT2D eigenvalue weighted by Gasteiger charge is 2.56. The van der Waals surface area contributed by atoms with E-state index in [1.54, 1.807) is 114 Å². The molecular weight excluding hydrogens is 1520 g/mol.